The number of rotatable bonds is 3. The van der Waals surface area contributed by atoms with E-state index < -0.39 is 5.97 Å². The van der Waals surface area contributed by atoms with Crippen molar-refractivity contribution in [2.75, 3.05) is 18.0 Å². The van der Waals surface area contributed by atoms with Crippen LogP contribution in [0.1, 0.15) is 39.6 Å². The van der Waals surface area contributed by atoms with Crippen molar-refractivity contribution in [2.24, 2.45) is 0 Å². The molecule has 0 amide bonds. The summed E-state index contributed by atoms with van der Waals surface area (Å²) in [5.74, 6) is 0.0845. The van der Waals surface area contributed by atoms with Crippen LogP contribution in [0.2, 0.25) is 0 Å². The van der Waals surface area contributed by atoms with Gasteiger partial charge in [-0.2, -0.15) is 0 Å². The Morgan fingerprint density at radius 3 is 2.59 bits per heavy atom. The molecule has 5 nitrogen and oxygen atoms in total. The number of anilines is 1. The number of carboxylic acid groups (broad SMARTS) is 1. The third-order valence-corrected chi connectivity index (χ3v) is 4.07. The minimum absolute atomic E-state index is 0.205. The Balaban J connectivity index is 1.85. The smallest absolute Gasteiger partial charge is 0.335 e. The van der Waals surface area contributed by atoms with Gasteiger partial charge in [-0.15, -0.1) is 0 Å². The Bertz CT molecular complexity index is 695. The quantitative estimate of drug-likeness (QED) is 0.943. The number of aromatic nitrogens is 2. The molecule has 114 valence electrons. The highest BCUT2D eigenvalue weighted by Gasteiger charge is 2.28. The molecule has 1 atom stereocenters. The zero-order chi connectivity index (χ0) is 15.7. The number of carboxylic acids is 1. The fraction of sp³-hybridized carbons (Fsp3) is 0.353. The molecular weight excluding hydrogens is 278 g/mol. The summed E-state index contributed by atoms with van der Waals surface area (Å²) in [5.41, 5.74) is 3.21. The van der Waals surface area contributed by atoms with Crippen molar-refractivity contribution in [3.63, 3.8) is 0 Å². The van der Waals surface area contributed by atoms with Gasteiger partial charge in [0.1, 0.15) is 0 Å². The van der Waals surface area contributed by atoms with E-state index in [1.54, 1.807) is 12.1 Å². The average Bonchev–Trinajstić information content (AvgIpc) is 2.96. The second-order valence-electron chi connectivity index (χ2n) is 5.77. The molecule has 0 radical (unpaired) electrons. The van der Waals surface area contributed by atoms with Gasteiger partial charge in [-0.05, 0) is 38.0 Å². The van der Waals surface area contributed by atoms with E-state index >= 15 is 0 Å². The van der Waals surface area contributed by atoms with Crippen molar-refractivity contribution < 1.29 is 9.90 Å². The third kappa shape index (κ3) is 2.79. The maximum absolute atomic E-state index is 11.4. The van der Waals surface area contributed by atoms with Crippen LogP contribution < -0.4 is 4.90 Å². The van der Waals surface area contributed by atoms with E-state index in [0.29, 0.717) is 5.56 Å². The van der Waals surface area contributed by atoms with E-state index in [4.69, 9.17) is 0 Å². The van der Waals surface area contributed by atoms with Gasteiger partial charge in [0, 0.05) is 30.4 Å². The Morgan fingerprint density at radius 1 is 1.23 bits per heavy atom. The van der Waals surface area contributed by atoms with Crippen LogP contribution in [0.4, 0.5) is 5.95 Å². The van der Waals surface area contributed by atoms with Crippen LogP contribution in [0.15, 0.2) is 30.3 Å². The second kappa shape index (κ2) is 5.75. The van der Waals surface area contributed by atoms with Crippen LogP contribution in [0.5, 0.6) is 0 Å². The number of benzene rings is 1. The summed E-state index contributed by atoms with van der Waals surface area (Å²) in [7, 11) is 0. The molecule has 5 heteroatoms. The summed E-state index contributed by atoms with van der Waals surface area (Å²) < 4.78 is 0. The van der Waals surface area contributed by atoms with Gasteiger partial charge in [0.15, 0.2) is 0 Å². The van der Waals surface area contributed by atoms with E-state index in [9.17, 15) is 9.90 Å². The van der Waals surface area contributed by atoms with Gasteiger partial charge in [-0.3, -0.25) is 0 Å². The summed E-state index contributed by atoms with van der Waals surface area (Å²) >= 11 is 0. The minimum atomic E-state index is -0.864. The average molecular weight is 297 g/mol. The lowest BCUT2D eigenvalue weighted by Gasteiger charge is -2.18. The van der Waals surface area contributed by atoms with Gasteiger partial charge < -0.3 is 10.0 Å². The maximum Gasteiger partial charge on any atom is 0.335 e. The molecule has 1 fully saturated rings. The Labute approximate surface area is 129 Å². The summed E-state index contributed by atoms with van der Waals surface area (Å²) in [6.07, 6.45) is 0.917. The number of hydrogen-bond acceptors (Lipinski definition) is 4. The maximum atomic E-state index is 11.4. The molecule has 2 heterocycles. The zero-order valence-electron chi connectivity index (χ0n) is 12.8. The SMILES string of the molecule is Cc1cc(C)nc(N2CC[C@@H](c3ccccc3C(=O)O)C2)n1. The van der Waals surface area contributed by atoms with Gasteiger partial charge in [-0.25, -0.2) is 14.8 Å². The summed E-state index contributed by atoms with van der Waals surface area (Å²) in [6, 6.07) is 9.22. The fourth-order valence-electron chi connectivity index (χ4n) is 3.09. The van der Waals surface area contributed by atoms with E-state index in [2.05, 4.69) is 14.9 Å². The van der Waals surface area contributed by atoms with Crippen molar-refractivity contribution in [3.8, 4) is 0 Å². The van der Waals surface area contributed by atoms with Gasteiger partial charge >= 0.3 is 5.97 Å². The first-order valence-corrected chi connectivity index (χ1v) is 7.44. The molecule has 0 saturated carbocycles. The predicted molar refractivity (Wildman–Crippen MR) is 84.5 cm³/mol. The van der Waals surface area contributed by atoms with Crippen LogP contribution >= 0.6 is 0 Å². The van der Waals surface area contributed by atoms with Gasteiger partial charge in [-0.1, -0.05) is 18.2 Å². The van der Waals surface area contributed by atoms with Gasteiger partial charge in [0.2, 0.25) is 5.95 Å². The first kappa shape index (κ1) is 14.5. The van der Waals surface area contributed by atoms with Crippen molar-refractivity contribution in [2.45, 2.75) is 26.2 Å². The first-order chi connectivity index (χ1) is 10.5. The molecule has 1 aliphatic rings. The van der Waals surface area contributed by atoms with Crippen molar-refractivity contribution >= 4 is 11.9 Å². The predicted octanol–water partition coefficient (Wildman–Crippen LogP) is 2.79. The Hall–Kier alpha value is -2.43. The van der Waals surface area contributed by atoms with Crippen LogP contribution in [0, 0.1) is 13.8 Å². The highest BCUT2D eigenvalue weighted by atomic mass is 16.4. The Kier molecular flexibility index (Phi) is 3.79. The lowest BCUT2D eigenvalue weighted by atomic mass is 9.93. The summed E-state index contributed by atoms with van der Waals surface area (Å²) in [4.78, 5) is 22.5. The van der Waals surface area contributed by atoms with E-state index in [-0.39, 0.29) is 5.92 Å². The number of hydrogen-bond donors (Lipinski definition) is 1. The molecule has 1 aromatic heterocycles. The molecule has 0 aliphatic carbocycles. The number of aryl methyl sites for hydroxylation is 2. The molecule has 2 aromatic rings. The number of aromatic carboxylic acids is 1. The van der Waals surface area contributed by atoms with Gasteiger partial charge in [0.05, 0.1) is 5.56 Å². The second-order valence-corrected chi connectivity index (χ2v) is 5.77. The highest BCUT2D eigenvalue weighted by Crippen LogP contribution is 2.31. The summed E-state index contributed by atoms with van der Waals surface area (Å²) in [6.45, 7) is 5.53. The van der Waals surface area contributed by atoms with Gasteiger partial charge in [0.25, 0.3) is 0 Å². The van der Waals surface area contributed by atoms with Crippen molar-refractivity contribution in [3.05, 3.63) is 52.8 Å². The molecule has 1 aliphatic heterocycles. The first-order valence-electron chi connectivity index (χ1n) is 7.44. The van der Waals surface area contributed by atoms with Crippen molar-refractivity contribution in [1.82, 2.24) is 9.97 Å². The van der Waals surface area contributed by atoms with Crippen LogP contribution in [-0.4, -0.2) is 34.1 Å². The number of carbonyl (C=O) groups is 1. The van der Waals surface area contributed by atoms with Crippen molar-refractivity contribution in [1.29, 1.82) is 0 Å². The molecule has 1 aromatic carbocycles. The largest absolute Gasteiger partial charge is 0.478 e. The van der Waals surface area contributed by atoms with E-state index in [1.165, 1.54) is 0 Å². The molecular formula is C17H19N3O2. The van der Waals surface area contributed by atoms with E-state index in [1.807, 2.05) is 32.0 Å². The van der Waals surface area contributed by atoms with Crippen LogP contribution in [-0.2, 0) is 0 Å². The Morgan fingerprint density at radius 2 is 1.91 bits per heavy atom. The lowest BCUT2D eigenvalue weighted by molar-refractivity contribution is 0.0695. The van der Waals surface area contributed by atoms with E-state index in [0.717, 1.165) is 42.4 Å². The fourth-order valence-corrected chi connectivity index (χ4v) is 3.09. The molecule has 1 saturated heterocycles. The minimum Gasteiger partial charge on any atom is -0.478 e. The normalized spacial score (nSPS) is 17.7. The molecule has 0 unspecified atom stereocenters. The molecule has 1 N–H and O–H groups in total. The zero-order valence-corrected chi connectivity index (χ0v) is 12.8. The number of nitrogens with zero attached hydrogens (tertiary/aromatic N) is 3. The van der Waals surface area contributed by atoms with Crippen LogP contribution in [0.25, 0.3) is 0 Å². The monoisotopic (exact) mass is 297 g/mol. The van der Waals surface area contributed by atoms with Crippen LogP contribution in [0.3, 0.4) is 0 Å². The topological polar surface area (TPSA) is 66.3 Å². The molecule has 3 rings (SSSR count). The molecule has 0 bridgehead atoms. The molecule has 22 heavy (non-hydrogen) atoms. The third-order valence-electron chi connectivity index (χ3n) is 4.07. The highest BCUT2D eigenvalue weighted by molar-refractivity contribution is 5.89. The standard InChI is InChI=1S/C17H19N3O2/c1-11-9-12(2)19-17(18-11)20-8-7-13(10-20)14-5-3-4-6-15(14)16(21)22/h3-6,9,13H,7-8,10H2,1-2H3,(H,21,22)/t13-/m1/s1. The lowest BCUT2D eigenvalue weighted by Crippen LogP contribution is -2.22. The summed E-state index contributed by atoms with van der Waals surface area (Å²) in [5, 5.41) is 9.34. The molecule has 0 spiro atoms.